The average Bonchev–Trinajstić information content (AvgIpc) is 3.06. The summed E-state index contributed by atoms with van der Waals surface area (Å²) < 4.78 is 20.5. The molecule has 2 aromatic carbocycles. The normalized spacial score (nSPS) is 14.4. The number of esters is 2. The van der Waals surface area contributed by atoms with Crippen molar-refractivity contribution in [1.29, 1.82) is 0 Å². The second-order valence-electron chi connectivity index (χ2n) is 6.05. The van der Waals surface area contributed by atoms with E-state index in [-0.39, 0.29) is 29.0 Å². The minimum atomic E-state index is -0.565. The van der Waals surface area contributed by atoms with Gasteiger partial charge >= 0.3 is 11.9 Å². The van der Waals surface area contributed by atoms with Crippen molar-refractivity contribution in [2.24, 2.45) is 4.99 Å². The van der Waals surface area contributed by atoms with E-state index in [4.69, 9.17) is 25.8 Å². The number of ether oxygens (including phenoxy) is 4. The third-order valence-corrected chi connectivity index (χ3v) is 4.39. The number of carbonyl (C=O) groups is 2. The number of cyclic esters (lactones) is 1. The largest absolute Gasteiger partial charge is 0.493 e. The van der Waals surface area contributed by atoms with Gasteiger partial charge in [-0.3, -0.25) is 0 Å². The van der Waals surface area contributed by atoms with Crippen LogP contribution in [0.4, 0.5) is 0 Å². The van der Waals surface area contributed by atoms with Gasteiger partial charge < -0.3 is 18.9 Å². The molecule has 1 aliphatic rings. The lowest BCUT2D eigenvalue weighted by Gasteiger charge is -2.12. The lowest BCUT2D eigenvalue weighted by atomic mass is 10.1. The number of nitrogens with zero attached hydrogens (tertiary/aromatic N) is 1. The van der Waals surface area contributed by atoms with Crippen molar-refractivity contribution in [3.63, 3.8) is 0 Å². The van der Waals surface area contributed by atoms with Gasteiger partial charge in [-0.15, -0.1) is 0 Å². The third kappa shape index (κ3) is 4.57. The van der Waals surface area contributed by atoms with Crippen LogP contribution in [0.25, 0.3) is 6.08 Å². The second-order valence-corrected chi connectivity index (χ2v) is 6.46. The third-order valence-electron chi connectivity index (χ3n) is 4.11. The summed E-state index contributed by atoms with van der Waals surface area (Å²) in [6.07, 6.45) is 1.53. The van der Waals surface area contributed by atoms with Crippen LogP contribution in [-0.4, -0.2) is 38.7 Å². The van der Waals surface area contributed by atoms with Crippen molar-refractivity contribution in [2.45, 2.75) is 6.92 Å². The number of rotatable bonds is 6. The van der Waals surface area contributed by atoms with Crippen LogP contribution < -0.4 is 9.47 Å². The van der Waals surface area contributed by atoms with Crippen LogP contribution in [0.2, 0.25) is 5.02 Å². The Morgan fingerprint density at radius 3 is 2.69 bits per heavy atom. The Labute approximate surface area is 172 Å². The molecular weight excluding hydrogens is 398 g/mol. The molecule has 0 N–H and O–H groups in total. The maximum atomic E-state index is 12.2. The lowest BCUT2D eigenvalue weighted by Crippen LogP contribution is -2.13. The predicted octanol–water partition coefficient (Wildman–Crippen LogP) is 3.55. The minimum Gasteiger partial charge on any atom is -0.493 e. The zero-order valence-corrected chi connectivity index (χ0v) is 16.8. The fourth-order valence-electron chi connectivity index (χ4n) is 2.65. The van der Waals surface area contributed by atoms with Crippen molar-refractivity contribution in [3.8, 4) is 11.5 Å². The van der Waals surface area contributed by atoms with Gasteiger partial charge in [0.05, 0.1) is 19.2 Å². The number of hydrogen-bond acceptors (Lipinski definition) is 7. The highest BCUT2D eigenvalue weighted by molar-refractivity contribution is 6.32. The monoisotopic (exact) mass is 415 g/mol. The molecule has 0 atom stereocenters. The van der Waals surface area contributed by atoms with E-state index in [2.05, 4.69) is 9.73 Å². The number of carbonyl (C=O) groups excluding carboxylic acids is 2. The van der Waals surface area contributed by atoms with E-state index < -0.39 is 11.9 Å². The van der Waals surface area contributed by atoms with Crippen LogP contribution >= 0.6 is 11.6 Å². The van der Waals surface area contributed by atoms with Gasteiger partial charge in [0.1, 0.15) is 0 Å². The first-order valence-electron chi connectivity index (χ1n) is 8.58. The number of benzene rings is 2. The van der Waals surface area contributed by atoms with Crippen LogP contribution in [0, 0.1) is 6.92 Å². The van der Waals surface area contributed by atoms with Gasteiger partial charge in [0, 0.05) is 5.56 Å². The molecule has 150 valence electrons. The SMILES string of the molecule is COC(=O)COc1c(Cl)cc(/C=C2\N=C(c3ccccc3C)OC2=O)cc1OC. The maximum absolute atomic E-state index is 12.2. The Kier molecular flexibility index (Phi) is 6.19. The zero-order chi connectivity index (χ0) is 21.0. The molecule has 2 aromatic rings. The number of aliphatic imine (C=N–C) groups is 1. The molecule has 0 aromatic heterocycles. The van der Waals surface area contributed by atoms with E-state index in [1.807, 2.05) is 31.2 Å². The number of halogens is 1. The van der Waals surface area contributed by atoms with E-state index in [0.717, 1.165) is 11.1 Å². The topological polar surface area (TPSA) is 83.4 Å². The Morgan fingerprint density at radius 2 is 2.00 bits per heavy atom. The zero-order valence-electron chi connectivity index (χ0n) is 16.0. The molecule has 0 amide bonds. The highest BCUT2D eigenvalue weighted by Gasteiger charge is 2.25. The molecule has 8 heteroatoms. The number of aryl methyl sites for hydroxylation is 1. The number of hydrogen-bond donors (Lipinski definition) is 0. The number of methoxy groups -OCH3 is 2. The molecule has 1 aliphatic heterocycles. The Balaban J connectivity index is 1.91. The minimum absolute atomic E-state index is 0.129. The molecule has 0 bridgehead atoms. The fraction of sp³-hybridized carbons (Fsp3) is 0.190. The summed E-state index contributed by atoms with van der Waals surface area (Å²) in [6.45, 7) is 1.59. The van der Waals surface area contributed by atoms with Gasteiger partial charge in [0.25, 0.3) is 0 Å². The second kappa shape index (κ2) is 8.79. The molecule has 29 heavy (non-hydrogen) atoms. The highest BCUT2D eigenvalue weighted by Crippen LogP contribution is 2.37. The van der Waals surface area contributed by atoms with Gasteiger partial charge in [-0.05, 0) is 42.3 Å². The van der Waals surface area contributed by atoms with Gasteiger partial charge in [0.2, 0.25) is 5.90 Å². The van der Waals surface area contributed by atoms with Crippen molar-refractivity contribution >= 4 is 35.5 Å². The van der Waals surface area contributed by atoms with E-state index in [1.54, 1.807) is 12.1 Å². The van der Waals surface area contributed by atoms with Crippen LogP contribution in [-0.2, 0) is 19.1 Å². The first-order chi connectivity index (χ1) is 13.9. The Bertz CT molecular complexity index is 1030. The Morgan fingerprint density at radius 1 is 1.24 bits per heavy atom. The summed E-state index contributed by atoms with van der Waals surface area (Å²) in [4.78, 5) is 27.8. The standard InChI is InChI=1S/C21H18ClNO6/c1-12-6-4-5-7-14(12)20-23-16(21(25)29-20)9-13-8-15(22)19(17(10-13)26-2)28-11-18(24)27-3/h4-10H,11H2,1-3H3/b16-9-. The van der Waals surface area contributed by atoms with Crippen molar-refractivity contribution < 1.29 is 28.5 Å². The summed E-state index contributed by atoms with van der Waals surface area (Å²) in [5.74, 6) is -0.386. The molecule has 0 saturated heterocycles. The molecule has 0 fully saturated rings. The van der Waals surface area contributed by atoms with Crippen LogP contribution in [0.1, 0.15) is 16.7 Å². The molecule has 0 radical (unpaired) electrons. The summed E-state index contributed by atoms with van der Waals surface area (Å²) in [7, 11) is 2.69. The lowest BCUT2D eigenvalue weighted by molar-refractivity contribution is -0.143. The molecule has 1 heterocycles. The van der Waals surface area contributed by atoms with E-state index in [9.17, 15) is 9.59 Å². The smallest absolute Gasteiger partial charge is 0.363 e. The molecule has 0 unspecified atom stereocenters. The average molecular weight is 416 g/mol. The van der Waals surface area contributed by atoms with E-state index >= 15 is 0 Å². The van der Waals surface area contributed by atoms with Crippen LogP contribution in [0.15, 0.2) is 47.1 Å². The summed E-state index contributed by atoms with van der Waals surface area (Å²) in [5.41, 5.74) is 2.37. The van der Waals surface area contributed by atoms with Gasteiger partial charge in [0.15, 0.2) is 23.8 Å². The maximum Gasteiger partial charge on any atom is 0.363 e. The van der Waals surface area contributed by atoms with E-state index in [1.165, 1.54) is 20.3 Å². The molecule has 0 aliphatic carbocycles. The summed E-state index contributed by atoms with van der Waals surface area (Å²) in [6, 6.07) is 10.7. The molecule has 7 nitrogen and oxygen atoms in total. The summed E-state index contributed by atoms with van der Waals surface area (Å²) in [5, 5.41) is 0.203. The first kappa shape index (κ1) is 20.4. The fourth-order valence-corrected chi connectivity index (χ4v) is 2.92. The Hall–Kier alpha value is -3.32. The molecule has 0 spiro atoms. The predicted molar refractivity (Wildman–Crippen MR) is 107 cm³/mol. The van der Waals surface area contributed by atoms with Crippen molar-refractivity contribution in [3.05, 3.63) is 63.8 Å². The molecule has 3 rings (SSSR count). The van der Waals surface area contributed by atoms with Crippen molar-refractivity contribution in [2.75, 3.05) is 20.8 Å². The van der Waals surface area contributed by atoms with Crippen molar-refractivity contribution in [1.82, 2.24) is 0 Å². The summed E-state index contributed by atoms with van der Waals surface area (Å²) >= 11 is 6.27. The van der Waals surface area contributed by atoms with Crippen LogP contribution in [0.3, 0.4) is 0 Å². The first-order valence-corrected chi connectivity index (χ1v) is 8.96. The van der Waals surface area contributed by atoms with Gasteiger partial charge in [-0.2, -0.15) is 0 Å². The van der Waals surface area contributed by atoms with Crippen LogP contribution in [0.5, 0.6) is 11.5 Å². The quantitative estimate of drug-likeness (QED) is 0.530. The van der Waals surface area contributed by atoms with Gasteiger partial charge in [-0.25, -0.2) is 14.6 Å². The highest BCUT2D eigenvalue weighted by atomic mass is 35.5. The molecular formula is C21H18ClNO6. The molecule has 0 saturated carbocycles. The van der Waals surface area contributed by atoms with Gasteiger partial charge in [-0.1, -0.05) is 29.8 Å². The van der Waals surface area contributed by atoms with E-state index in [0.29, 0.717) is 11.3 Å².